The topological polar surface area (TPSA) is 56.8 Å². The van der Waals surface area contributed by atoms with E-state index in [4.69, 9.17) is 14.2 Å². The maximum atomic E-state index is 12.0. The molecule has 0 unspecified atom stereocenters. The first-order valence-corrected chi connectivity index (χ1v) is 7.33. The number of carbonyl (C=O) groups excluding carboxylic acids is 1. The van der Waals surface area contributed by atoms with E-state index in [0.717, 1.165) is 5.56 Å². The van der Waals surface area contributed by atoms with Crippen LogP contribution in [0.3, 0.4) is 0 Å². The van der Waals surface area contributed by atoms with Crippen molar-refractivity contribution < 1.29 is 19.0 Å². The summed E-state index contributed by atoms with van der Waals surface area (Å²) in [6, 6.07) is 14.6. The standard InChI is InChI=1S/C18H21NO4/c1-13(14-9-10-16(21-2)17(11-14)22-3)19-18(20)12-23-15-7-5-4-6-8-15/h4-11,13H,12H2,1-3H3,(H,19,20)/t13-/m1/s1. The van der Waals surface area contributed by atoms with Crippen LogP contribution in [0.25, 0.3) is 0 Å². The summed E-state index contributed by atoms with van der Waals surface area (Å²) >= 11 is 0. The quantitative estimate of drug-likeness (QED) is 0.853. The van der Waals surface area contributed by atoms with Crippen LogP contribution in [-0.4, -0.2) is 26.7 Å². The molecule has 5 heteroatoms. The molecule has 2 aromatic rings. The maximum Gasteiger partial charge on any atom is 0.258 e. The van der Waals surface area contributed by atoms with Crippen molar-refractivity contribution in [3.63, 3.8) is 0 Å². The molecule has 0 saturated carbocycles. The van der Waals surface area contributed by atoms with Crippen molar-refractivity contribution in [2.24, 2.45) is 0 Å². The molecule has 23 heavy (non-hydrogen) atoms. The van der Waals surface area contributed by atoms with Crippen molar-refractivity contribution in [1.29, 1.82) is 0 Å². The van der Waals surface area contributed by atoms with Crippen LogP contribution in [0, 0.1) is 0 Å². The number of carbonyl (C=O) groups is 1. The largest absolute Gasteiger partial charge is 0.493 e. The molecule has 1 amide bonds. The number of rotatable bonds is 7. The molecule has 1 N–H and O–H groups in total. The Morgan fingerprint density at radius 1 is 1.04 bits per heavy atom. The fourth-order valence-corrected chi connectivity index (χ4v) is 2.15. The fourth-order valence-electron chi connectivity index (χ4n) is 2.15. The Hall–Kier alpha value is -2.69. The van der Waals surface area contributed by atoms with Crippen LogP contribution in [0.5, 0.6) is 17.2 Å². The summed E-state index contributed by atoms with van der Waals surface area (Å²) < 4.78 is 15.9. The fraction of sp³-hybridized carbons (Fsp3) is 0.278. The first-order chi connectivity index (χ1) is 11.1. The lowest BCUT2D eigenvalue weighted by Crippen LogP contribution is -2.31. The van der Waals surface area contributed by atoms with Crippen molar-refractivity contribution in [3.05, 3.63) is 54.1 Å². The lowest BCUT2D eigenvalue weighted by Gasteiger charge is -2.16. The molecular formula is C18H21NO4. The second-order valence-corrected chi connectivity index (χ2v) is 5.01. The van der Waals surface area contributed by atoms with Crippen LogP contribution in [-0.2, 0) is 4.79 Å². The number of ether oxygens (including phenoxy) is 3. The van der Waals surface area contributed by atoms with Crippen LogP contribution in [0.4, 0.5) is 0 Å². The van der Waals surface area contributed by atoms with Gasteiger partial charge in [0.2, 0.25) is 0 Å². The molecule has 2 aromatic carbocycles. The van der Waals surface area contributed by atoms with Crippen LogP contribution in [0.1, 0.15) is 18.5 Å². The lowest BCUT2D eigenvalue weighted by molar-refractivity contribution is -0.123. The van der Waals surface area contributed by atoms with Crippen molar-refractivity contribution in [3.8, 4) is 17.2 Å². The summed E-state index contributed by atoms with van der Waals surface area (Å²) in [5, 5.41) is 2.89. The molecule has 0 spiro atoms. The highest BCUT2D eigenvalue weighted by atomic mass is 16.5. The van der Waals surface area contributed by atoms with Gasteiger partial charge in [0.1, 0.15) is 5.75 Å². The van der Waals surface area contributed by atoms with E-state index in [9.17, 15) is 4.79 Å². The van der Waals surface area contributed by atoms with Gasteiger partial charge < -0.3 is 19.5 Å². The molecule has 0 aromatic heterocycles. The van der Waals surface area contributed by atoms with E-state index in [1.807, 2.05) is 55.5 Å². The summed E-state index contributed by atoms with van der Waals surface area (Å²) in [5.74, 6) is 1.77. The van der Waals surface area contributed by atoms with E-state index in [1.54, 1.807) is 14.2 Å². The molecule has 0 heterocycles. The summed E-state index contributed by atoms with van der Waals surface area (Å²) in [7, 11) is 3.17. The Morgan fingerprint density at radius 2 is 1.74 bits per heavy atom. The summed E-state index contributed by atoms with van der Waals surface area (Å²) in [6.45, 7) is 1.88. The van der Waals surface area contributed by atoms with Gasteiger partial charge in [-0.3, -0.25) is 4.79 Å². The zero-order valence-corrected chi connectivity index (χ0v) is 13.5. The third-order valence-electron chi connectivity index (χ3n) is 3.40. The van der Waals surface area contributed by atoms with Gasteiger partial charge in [-0.15, -0.1) is 0 Å². The monoisotopic (exact) mass is 315 g/mol. The van der Waals surface area contributed by atoms with Gasteiger partial charge in [0, 0.05) is 0 Å². The normalized spacial score (nSPS) is 11.4. The molecule has 122 valence electrons. The number of benzene rings is 2. The predicted molar refractivity (Wildman–Crippen MR) is 88.0 cm³/mol. The Morgan fingerprint density at radius 3 is 2.39 bits per heavy atom. The average molecular weight is 315 g/mol. The molecule has 0 radical (unpaired) electrons. The first-order valence-electron chi connectivity index (χ1n) is 7.33. The van der Waals surface area contributed by atoms with E-state index in [-0.39, 0.29) is 18.6 Å². The number of hydrogen-bond donors (Lipinski definition) is 1. The van der Waals surface area contributed by atoms with E-state index < -0.39 is 0 Å². The summed E-state index contributed by atoms with van der Waals surface area (Å²) in [6.07, 6.45) is 0. The number of para-hydroxylation sites is 1. The highest BCUT2D eigenvalue weighted by Gasteiger charge is 2.13. The van der Waals surface area contributed by atoms with Crippen molar-refractivity contribution in [1.82, 2.24) is 5.32 Å². The van der Waals surface area contributed by atoms with Crippen LogP contribution >= 0.6 is 0 Å². The zero-order valence-electron chi connectivity index (χ0n) is 13.5. The Balaban J connectivity index is 1.93. The smallest absolute Gasteiger partial charge is 0.258 e. The highest BCUT2D eigenvalue weighted by Crippen LogP contribution is 2.29. The molecule has 2 rings (SSSR count). The first kappa shape index (κ1) is 16.7. The van der Waals surface area contributed by atoms with Crippen molar-refractivity contribution in [2.45, 2.75) is 13.0 Å². The summed E-state index contributed by atoms with van der Waals surface area (Å²) in [5.41, 5.74) is 0.927. The van der Waals surface area contributed by atoms with Crippen LogP contribution in [0.2, 0.25) is 0 Å². The van der Waals surface area contributed by atoms with Gasteiger partial charge in [-0.05, 0) is 36.8 Å². The molecule has 0 bridgehead atoms. The minimum absolute atomic E-state index is 0.0261. The van der Waals surface area contributed by atoms with Gasteiger partial charge in [-0.2, -0.15) is 0 Å². The van der Waals surface area contributed by atoms with Crippen molar-refractivity contribution >= 4 is 5.91 Å². The molecule has 0 saturated heterocycles. The molecule has 0 aliphatic heterocycles. The van der Waals surface area contributed by atoms with Crippen molar-refractivity contribution in [2.75, 3.05) is 20.8 Å². The minimum atomic E-state index is -0.184. The Bertz CT molecular complexity index is 643. The van der Waals surface area contributed by atoms with Gasteiger partial charge in [0.25, 0.3) is 5.91 Å². The molecule has 0 aliphatic carbocycles. The Labute approximate surface area is 136 Å². The second kappa shape index (κ2) is 8.08. The third-order valence-corrected chi connectivity index (χ3v) is 3.40. The number of nitrogens with one attached hydrogen (secondary N) is 1. The lowest BCUT2D eigenvalue weighted by atomic mass is 10.1. The SMILES string of the molecule is COc1ccc([C@@H](C)NC(=O)COc2ccccc2)cc1OC. The maximum absolute atomic E-state index is 12.0. The summed E-state index contributed by atoms with van der Waals surface area (Å²) in [4.78, 5) is 12.0. The minimum Gasteiger partial charge on any atom is -0.493 e. The van der Waals surface area contributed by atoms with Gasteiger partial charge in [-0.1, -0.05) is 24.3 Å². The molecule has 0 fully saturated rings. The van der Waals surface area contributed by atoms with Gasteiger partial charge >= 0.3 is 0 Å². The number of methoxy groups -OCH3 is 2. The Kier molecular flexibility index (Phi) is 5.86. The van der Waals surface area contributed by atoms with E-state index >= 15 is 0 Å². The number of amides is 1. The number of hydrogen-bond acceptors (Lipinski definition) is 4. The van der Waals surface area contributed by atoms with Gasteiger partial charge in [0.05, 0.1) is 20.3 Å². The second-order valence-electron chi connectivity index (χ2n) is 5.01. The van der Waals surface area contributed by atoms with E-state index in [0.29, 0.717) is 17.2 Å². The zero-order chi connectivity index (χ0) is 16.7. The third kappa shape index (κ3) is 4.64. The molecule has 1 atom stereocenters. The van der Waals surface area contributed by atoms with E-state index in [1.165, 1.54) is 0 Å². The molecule has 5 nitrogen and oxygen atoms in total. The molecular weight excluding hydrogens is 294 g/mol. The van der Waals surface area contributed by atoms with Crippen LogP contribution < -0.4 is 19.5 Å². The van der Waals surface area contributed by atoms with E-state index in [2.05, 4.69) is 5.32 Å². The van der Waals surface area contributed by atoms with Crippen LogP contribution in [0.15, 0.2) is 48.5 Å². The molecule has 0 aliphatic rings. The average Bonchev–Trinajstić information content (AvgIpc) is 2.60. The highest BCUT2D eigenvalue weighted by molar-refractivity contribution is 5.78. The van der Waals surface area contributed by atoms with Gasteiger partial charge in [0.15, 0.2) is 18.1 Å². The van der Waals surface area contributed by atoms with Gasteiger partial charge in [-0.25, -0.2) is 0 Å². The predicted octanol–water partition coefficient (Wildman–Crippen LogP) is 2.96.